The third-order valence-electron chi connectivity index (χ3n) is 5.43. The number of nitrogens with one attached hydrogen (secondary N) is 2. The van der Waals surface area contributed by atoms with Gasteiger partial charge in [0.2, 0.25) is 0 Å². The fourth-order valence-corrected chi connectivity index (χ4v) is 4.19. The summed E-state index contributed by atoms with van der Waals surface area (Å²) in [7, 11) is 0. The molecule has 5 rings (SSSR count). The van der Waals surface area contributed by atoms with Crippen LogP contribution in [0, 0.1) is 5.82 Å². The van der Waals surface area contributed by atoms with Gasteiger partial charge < -0.3 is 15.0 Å². The first kappa shape index (κ1) is 17.2. The van der Waals surface area contributed by atoms with Crippen LogP contribution in [0.1, 0.15) is 29.4 Å². The second-order valence-corrected chi connectivity index (χ2v) is 7.21. The minimum atomic E-state index is -0.327. The molecule has 2 aromatic carbocycles. The molecule has 1 aliphatic heterocycles. The van der Waals surface area contributed by atoms with E-state index in [1.54, 1.807) is 12.1 Å². The summed E-state index contributed by atoms with van der Waals surface area (Å²) in [6, 6.07) is 13.6. The van der Waals surface area contributed by atoms with Gasteiger partial charge in [-0.3, -0.25) is 4.98 Å². The Morgan fingerprint density at radius 3 is 2.93 bits per heavy atom. The number of rotatable bonds is 4. The van der Waals surface area contributed by atoms with E-state index in [0.717, 1.165) is 47.5 Å². The number of para-hydroxylation sites is 1. The Bertz CT molecular complexity index is 1180. The van der Waals surface area contributed by atoms with Gasteiger partial charge in [-0.2, -0.15) is 0 Å². The van der Waals surface area contributed by atoms with Crippen molar-refractivity contribution in [3.05, 3.63) is 70.8 Å². The Kier molecular flexibility index (Phi) is 4.24. The smallest absolute Gasteiger partial charge is 0.165 e. The van der Waals surface area contributed by atoms with Gasteiger partial charge in [-0.1, -0.05) is 24.3 Å². The molecule has 0 radical (unpaired) electrons. The van der Waals surface area contributed by atoms with Gasteiger partial charge in [-0.15, -0.1) is 0 Å². The molecule has 0 aliphatic carbocycles. The largest absolute Gasteiger partial charge is 0.491 e. The molecule has 2 N–H and O–H groups in total. The Morgan fingerprint density at radius 1 is 1.18 bits per heavy atom. The average molecular weight is 375 g/mol. The van der Waals surface area contributed by atoms with E-state index in [2.05, 4.69) is 28.5 Å². The number of H-pyrrole nitrogens is 1. The number of nitrogens with zero attached hydrogens (tertiary/aromatic N) is 1. The van der Waals surface area contributed by atoms with Gasteiger partial charge in [-0.25, -0.2) is 4.39 Å². The molecule has 0 atom stereocenters. The molecule has 142 valence electrons. The minimum absolute atomic E-state index is 0.296. The van der Waals surface area contributed by atoms with Gasteiger partial charge in [0, 0.05) is 29.3 Å². The van der Waals surface area contributed by atoms with Gasteiger partial charge in [0.25, 0.3) is 0 Å². The van der Waals surface area contributed by atoms with Crippen molar-refractivity contribution in [1.82, 2.24) is 15.3 Å². The number of aromatic amines is 1. The van der Waals surface area contributed by atoms with E-state index < -0.39 is 0 Å². The molecular weight excluding hydrogens is 353 g/mol. The van der Waals surface area contributed by atoms with Crippen molar-refractivity contribution in [3.63, 3.8) is 0 Å². The first-order valence-corrected chi connectivity index (χ1v) is 9.77. The zero-order chi connectivity index (χ0) is 19.1. The van der Waals surface area contributed by atoms with Crippen LogP contribution in [0.5, 0.6) is 5.75 Å². The van der Waals surface area contributed by atoms with E-state index in [1.807, 2.05) is 19.1 Å². The number of pyridine rings is 1. The molecule has 4 nitrogen and oxygen atoms in total. The fraction of sp³-hybridized carbons (Fsp3) is 0.261. The van der Waals surface area contributed by atoms with Crippen LogP contribution in [0.4, 0.5) is 4.39 Å². The molecule has 3 heterocycles. The van der Waals surface area contributed by atoms with Crippen molar-refractivity contribution in [1.29, 1.82) is 0 Å². The number of hydrogen-bond acceptors (Lipinski definition) is 3. The normalized spacial score (nSPS) is 13.8. The maximum absolute atomic E-state index is 14.3. The molecule has 0 bridgehead atoms. The molecule has 0 saturated carbocycles. The van der Waals surface area contributed by atoms with Crippen molar-refractivity contribution in [3.8, 4) is 5.75 Å². The predicted octanol–water partition coefficient (Wildman–Crippen LogP) is 4.49. The summed E-state index contributed by atoms with van der Waals surface area (Å²) in [5, 5.41) is 5.92. The molecule has 0 unspecified atom stereocenters. The van der Waals surface area contributed by atoms with Crippen LogP contribution >= 0.6 is 0 Å². The fourth-order valence-electron chi connectivity index (χ4n) is 4.19. The van der Waals surface area contributed by atoms with E-state index in [4.69, 9.17) is 9.72 Å². The number of ether oxygens (including phenoxy) is 1. The molecule has 0 amide bonds. The highest BCUT2D eigenvalue weighted by Gasteiger charge is 2.20. The van der Waals surface area contributed by atoms with Gasteiger partial charge >= 0.3 is 0 Å². The van der Waals surface area contributed by atoms with Gasteiger partial charge in [0.1, 0.15) is 0 Å². The summed E-state index contributed by atoms with van der Waals surface area (Å²) in [4.78, 5) is 8.53. The number of aromatic nitrogens is 2. The highest BCUT2D eigenvalue weighted by molar-refractivity contribution is 6.10. The van der Waals surface area contributed by atoms with Gasteiger partial charge in [-0.05, 0) is 49.2 Å². The topological polar surface area (TPSA) is 49.9 Å². The van der Waals surface area contributed by atoms with Crippen molar-refractivity contribution in [2.75, 3.05) is 13.2 Å². The lowest BCUT2D eigenvalue weighted by Gasteiger charge is -2.19. The third-order valence-corrected chi connectivity index (χ3v) is 5.43. The second kappa shape index (κ2) is 6.91. The standard InChI is InChI=1S/C23H22FN3O/c1-2-28-21-8-7-14(11-17(21)24)12-19-23-22(15-5-3-4-6-18(15)27-23)16-9-10-25-13-20(16)26-19/h3-8,11,25,27H,2,9-10,12-13H2,1H3. The molecule has 1 aliphatic rings. The van der Waals surface area contributed by atoms with E-state index in [0.29, 0.717) is 18.8 Å². The molecule has 0 spiro atoms. The summed E-state index contributed by atoms with van der Waals surface area (Å²) < 4.78 is 19.7. The zero-order valence-corrected chi connectivity index (χ0v) is 15.8. The molecule has 0 saturated heterocycles. The summed E-state index contributed by atoms with van der Waals surface area (Å²) in [6.45, 7) is 4.04. The Labute approximate surface area is 162 Å². The minimum Gasteiger partial charge on any atom is -0.491 e. The number of benzene rings is 2. The van der Waals surface area contributed by atoms with E-state index >= 15 is 0 Å². The number of fused-ring (bicyclic) bond motifs is 5. The molecule has 28 heavy (non-hydrogen) atoms. The summed E-state index contributed by atoms with van der Waals surface area (Å²) in [5.41, 5.74) is 6.45. The van der Waals surface area contributed by atoms with E-state index in [9.17, 15) is 4.39 Å². The Balaban J connectivity index is 1.66. The van der Waals surface area contributed by atoms with E-state index in [1.165, 1.54) is 16.3 Å². The average Bonchev–Trinajstić information content (AvgIpc) is 3.11. The highest BCUT2D eigenvalue weighted by Crippen LogP contribution is 2.34. The zero-order valence-electron chi connectivity index (χ0n) is 15.8. The van der Waals surface area contributed by atoms with Crippen molar-refractivity contribution in [2.45, 2.75) is 26.3 Å². The lowest BCUT2D eigenvalue weighted by Crippen LogP contribution is -2.25. The van der Waals surface area contributed by atoms with Crippen LogP contribution in [-0.2, 0) is 19.4 Å². The summed E-state index contributed by atoms with van der Waals surface area (Å²) >= 11 is 0. The molecular formula is C23H22FN3O. The van der Waals surface area contributed by atoms with Crippen LogP contribution in [0.15, 0.2) is 42.5 Å². The van der Waals surface area contributed by atoms with Gasteiger partial charge in [0.15, 0.2) is 11.6 Å². The third kappa shape index (κ3) is 2.83. The van der Waals surface area contributed by atoms with Crippen molar-refractivity contribution in [2.24, 2.45) is 0 Å². The van der Waals surface area contributed by atoms with Crippen LogP contribution < -0.4 is 10.1 Å². The lowest BCUT2D eigenvalue weighted by atomic mass is 9.97. The molecule has 5 heteroatoms. The maximum atomic E-state index is 14.3. The van der Waals surface area contributed by atoms with Crippen molar-refractivity contribution < 1.29 is 9.13 Å². The van der Waals surface area contributed by atoms with E-state index in [-0.39, 0.29) is 5.82 Å². The summed E-state index contributed by atoms with van der Waals surface area (Å²) in [6.07, 6.45) is 1.54. The molecule has 0 fully saturated rings. The van der Waals surface area contributed by atoms with Gasteiger partial charge in [0.05, 0.1) is 23.5 Å². The highest BCUT2D eigenvalue weighted by atomic mass is 19.1. The predicted molar refractivity (Wildman–Crippen MR) is 109 cm³/mol. The van der Waals surface area contributed by atoms with Crippen LogP contribution in [0.3, 0.4) is 0 Å². The Hall–Kier alpha value is -2.92. The maximum Gasteiger partial charge on any atom is 0.165 e. The van der Waals surface area contributed by atoms with Crippen LogP contribution in [0.2, 0.25) is 0 Å². The Morgan fingerprint density at radius 2 is 2.07 bits per heavy atom. The first-order valence-electron chi connectivity index (χ1n) is 9.77. The molecule has 4 aromatic rings. The second-order valence-electron chi connectivity index (χ2n) is 7.21. The summed E-state index contributed by atoms with van der Waals surface area (Å²) in [5.74, 6) is -0.0310. The quantitative estimate of drug-likeness (QED) is 0.553. The van der Waals surface area contributed by atoms with Crippen LogP contribution in [-0.4, -0.2) is 23.1 Å². The molecule has 2 aromatic heterocycles. The van der Waals surface area contributed by atoms with Crippen molar-refractivity contribution >= 4 is 21.8 Å². The monoisotopic (exact) mass is 375 g/mol. The lowest BCUT2D eigenvalue weighted by molar-refractivity contribution is 0.321. The number of hydrogen-bond donors (Lipinski definition) is 2. The van der Waals surface area contributed by atoms with Crippen LogP contribution in [0.25, 0.3) is 21.8 Å². The first-order chi connectivity index (χ1) is 13.7. The SMILES string of the molecule is CCOc1ccc(Cc2nc3c(c4c2[nH]c2ccccc24)CCNC3)cc1F. The number of halogens is 1.